The second-order valence-corrected chi connectivity index (χ2v) is 9.74. The number of fused-ring (bicyclic) bond motifs is 1. The van der Waals surface area contributed by atoms with E-state index in [1.165, 1.54) is 0 Å². The summed E-state index contributed by atoms with van der Waals surface area (Å²) >= 11 is 1.63. The molecule has 1 aliphatic rings. The van der Waals surface area contributed by atoms with E-state index in [9.17, 15) is 4.79 Å². The zero-order chi connectivity index (χ0) is 24.9. The van der Waals surface area contributed by atoms with Crippen LogP contribution in [0.1, 0.15) is 56.3 Å². The number of amides is 1. The van der Waals surface area contributed by atoms with Crippen LogP contribution in [0.3, 0.4) is 0 Å². The van der Waals surface area contributed by atoms with Crippen molar-refractivity contribution < 1.29 is 9.53 Å². The van der Waals surface area contributed by atoms with Crippen molar-refractivity contribution in [2.24, 2.45) is 0 Å². The highest BCUT2D eigenvalue weighted by Gasteiger charge is 2.36. The highest BCUT2D eigenvalue weighted by atomic mass is 32.2. The van der Waals surface area contributed by atoms with Crippen molar-refractivity contribution in [1.29, 1.82) is 0 Å². The lowest BCUT2D eigenvalue weighted by Gasteiger charge is -2.29. The second-order valence-electron chi connectivity index (χ2n) is 8.67. The van der Waals surface area contributed by atoms with Gasteiger partial charge in [0.2, 0.25) is 11.1 Å². The summed E-state index contributed by atoms with van der Waals surface area (Å²) in [5, 5.41) is 12.0. The summed E-state index contributed by atoms with van der Waals surface area (Å²) in [5.41, 5.74) is 5.16. The number of aromatic nitrogens is 3. The lowest BCUT2D eigenvalue weighted by atomic mass is 9.94. The third-order valence-electron chi connectivity index (χ3n) is 5.95. The van der Waals surface area contributed by atoms with Gasteiger partial charge < -0.3 is 15.4 Å². The molecule has 184 valence electrons. The van der Waals surface area contributed by atoms with Gasteiger partial charge in [-0.05, 0) is 51.8 Å². The summed E-state index contributed by atoms with van der Waals surface area (Å²) in [5.74, 6) is 2.13. The molecule has 8 heteroatoms. The van der Waals surface area contributed by atoms with Gasteiger partial charge in [-0.2, -0.15) is 4.98 Å². The number of para-hydroxylation sites is 1. The Morgan fingerprint density at radius 2 is 1.97 bits per heavy atom. The predicted octanol–water partition coefficient (Wildman–Crippen LogP) is 6.11. The standard InChI is InChI=1S/C27H33N5O2S/c1-6-8-15-35-27-30-26-28-19(5)23(25(33)29-21-14-13-17(3)16-18(21)4)24(32(26)31-27)20-11-9-10-12-22(20)34-7-2/h9-14,16,24H,6-8,15H2,1-5H3,(H,29,33)(H,28,30,31). The number of carbonyl (C=O) groups is 1. The summed E-state index contributed by atoms with van der Waals surface area (Å²) in [6, 6.07) is 13.4. The van der Waals surface area contributed by atoms with Gasteiger partial charge in [0, 0.05) is 22.7 Å². The lowest BCUT2D eigenvalue weighted by molar-refractivity contribution is -0.113. The molecule has 0 saturated carbocycles. The van der Waals surface area contributed by atoms with Crippen LogP contribution in [0.15, 0.2) is 58.9 Å². The first kappa shape index (κ1) is 24.9. The maximum atomic E-state index is 13.8. The Hall–Kier alpha value is -3.26. The summed E-state index contributed by atoms with van der Waals surface area (Å²) in [6.07, 6.45) is 2.21. The first-order chi connectivity index (χ1) is 16.9. The van der Waals surface area contributed by atoms with Crippen molar-refractivity contribution in [2.45, 2.75) is 58.7 Å². The van der Waals surface area contributed by atoms with E-state index in [4.69, 9.17) is 14.8 Å². The van der Waals surface area contributed by atoms with Gasteiger partial charge in [-0.15, -0.1) is 5.10 Å². The molecule has 0 fully saturated rings. The van der Waals surface area contributed by atoms with Gasteiger partial charge in [0.1, 0.15) is 11.8 Å². The van der Waals surface area contributed by atoms with E-state index in [1.54, 1.807) is 11.8 Å². The van der Waals surface area contributed by atoms with Gasteiger partial charge >= 0.3 is 0 Å². The minimum Gasteiger partial charge on any atom is -0.494 e. The fraction of sp³-hybridized carbons (Fsp3) is 0.370. The molecule has 0 spiro atoms. The van der Waals surface area contributed by atoms with E-state index in [-0.39, 0.29) is 5.91 Å². The van der Waals surface area contributed by atoms with Gasteiger partial charge in [0.15, 0.2) is 0 Å². The van der Waals surface area contributed by atoms with Crippen molar-refractivity contribution in [3.63, 3.8) is 0 Å². The van der Waals surface area contributed by atoms with Crippen molar-refractivity contribution in [2.75, 3.05) is 23.0 Å². The number of allylic oxidation sites excluding steroid dienone is 1. The van der Waals surface area contributed by atoms with E-state index < -0.39 is 6.04 Å². The van der Waals surface area contributed by atoms with Crippen LogP contribution in [0.4, 0.5) is 11.6 Å². The van der Waals surface area contributed by atoms with Crippen LogP contribution < -0.4 is 15.4 Å². The number of carbonyl (C=O) groups excluding carboxylic acids is 1. The summed E-state index contributed by atoms with van der Waals surface area (Å²) in [4.78, 5) is 18.5. The van der Waals surface area contributed by atoms with Gasteiger partial charge in [0.25, 0.3) is 5.91 Å². The topological polar surface area (TPSA) is 81.1 Å². The zero-order valence-corrected chi connectivity index (χ0v) is 21.8. The molecule has 2 N–H and O–H groups in total. The average Bonchev–Trinajstić information content (AvgIpc) is 3.23. The molecule has 0 saturated heterocycles. The maximum Gasteiger partial charge on any atom is 0.255 e. The van der Waals surface area contributed by atoms with E-state index in [2.05, 4.69) is 23.6 Å². The number of benzene rings is 2. The molecule has 35 heavy (non-hydrogen) atoms. The number of nitrogens with one attached hydrogen (secondary N) is 2. The SMILES string of the molecule is CCCCSc1nc2n(n1)C(c1ccccc1OCC)C(C(=O)Nc1ccc(C)cc1C)=C(C)N2. The number of ether oxygens (including phenoxy) is 1. The van der Waals surface area contributed by atoms with E-state index in [1.807, 2.05) is 68.8 Å². The normalized spacial score (nSPS) is 14.9. The third kappa shape index (κ3) is 5.37. The third-order valence-corrected chi connectivity index (χ3v) is 6.87. The van der Waals surface area contributed by atoms with Crippen LogP contribution in [0.25, 0.3) is 0 Å². The smallest absolute Gasteiger partial charge is 0.255 e. The van der Waals surface area contributed by atoms with E-state index in [0.29, 0.717) is 23.3 Å². The zero-order valence-electron chi connectivity index (χ0n) is 21.0. The molecule has 0 bridgehead atoms. The Bertz CT molecular complexity index is 1250. The molecular formula is C27H33N5O2S. The highest BCUT2D eigenvalue weighted by Crippen LogP contribution is 2.40. The van der Waals surface area contributed by atoms with Gasteiger partial charge in [-0.1, -0.05) is 61.0 Å². The molecule has 3 aromatic rings. The van der Waals surface area contributed by atoms with Crippen LogP contribution in [0.2, 0.25) is 0 Å². The highest BCUT2D eigenvalue weighted by molar-refractivity contribution is 7.99. The Kier molecular flexibility index (Phi) is 7.80. The Morgan fingerprint density at radius 3 is 2.71 bits per heavy atom. The quantitative estimate of drug-likeness (QED) is 0.277. The molecule has 1 amide bonds. The number of rotatable bonds is 9. The second kappa shape index (κ2) is 11.0. The van der Waals surface area contributed by atoms with Crippen molar-refractivity contribution >= 4 is 29.3 Å². The Labute approximate surface area is 211 Å². The number of hydrogen-bond acceptors (Lipinski definition) is 6. The molecule has 2 heterocycles. The molecule has 0 radical (unpaired) electrons. The molecule has 1 aliphatic heterocycles. The van der Waals surface area contributed by atoms with E-state index >= 15 is 0 Å². The van der Waals surface area contributed by atoms with E-state index in [0.717, 1.165) is 52.4 Å². The molecule has 7 nitrogen and oxygen atoms in total. The number of anilines is 2. The van der Waals surface area contributed by atoms with Gasteiger partial charge in [0.05, 0.1) is 12.2 Å². The van der Waals surface area contributed by atoms with Crippen LogP contribution in [-0.2, 0) is 4.79 Å². The molecule has 2 aromatic carbocycles. The van der Waals surface area contributed by atoms with Crippen LogP contribution >= 0.6 is 11.8 Å². The Morgan fingerprint density at radius 1 is 1.17 bits per heavy atom. The van der Waals surface area contributed by atoms with Crippen molar-refractivity contribution in [3.05, 3.63) is 70.4 Å². The summed E-state index contributed by atoms with van der Waals surface area (Å²) < 4.78 is 7.78. The molecule has 0 aliphatic carbocycles. The van der Waals surface area contributed by atoms with Crippen molar-refractivity contribution in [3.8, 4) is 5.75 Å². The fourth-order valence-corrected chi connectivity index (χ4v) is 5.13. The maximum absolute atomic E-state index is 13.8. The first-order valence-electron chi connectivity index (χ1n) is 12.1. The number of nitrogens with zero attached hydrogens (tertiary/aromatic N) is 3. The minimum atomic E-state index is -0.479. The van der Waals surface area contributed by atoms with Crippen molar-refractivity contribution in [1.82, 2.24) is 14.8 Å². The van der Waals surface area contributed by atoms with Crippen LogP contribution in [0, 0.1) is 13.8 Å². The fourth-order valence-electron chi connectivity index (χ4n) is 4.22. The number of unbranched alkanes of at least 4 members (excludes halogenated alkanes) is 1. The molecule has 4 rings (SSSR count). The monoisotopic (exact) mass is 491 g/mol. The van der Waals surface area contributed by atoms with Crippen LogP contribution in [0.5, 0.6) is 5.75 Å². The Balaban J connectivity index is 1.77. The molecular weight excluding hydrogens is 458 g/mol. The largest absolute Gasteiger partial charge is 0.494 e. The lowest BCUT2D eigenvalue weighted by Crippen LogP contribution is -2.32. The predicted molar refractivity (Wildman–Crippen MR) is 142 cm³/mol. The minimum absolute atomic E-state index is 0.181. The summed E-state index contributed by atoms with van der Waals surface area (Å²) in [6.45, 7) is 10.6. The molecule has 1 atom stereocenters. The van der Waals surface area contributed by atoms with Crippen LogP contribution in [-0.4, -0.2) is 33.0 Å². The average molecular weight is 492 g/mol. The first-order valence-corrected chi connectivity index (χ1v) is 13.1. The number of thioether (sulfide) groups is 1. The number of aryl methyl sites for hydroxylation is 2. The van der Waals surface area contributed by atoms with Gasteiger partial charge in [-0.3, -0.25) is 4.79 Å². The van der Waals surface area contributed by atoms with Gasteiger partial charge in [-0.25, -0.2) is 4.68 Å². The summed E-state index contributed by atoms with van der Waals surface area (Å²) in [7, 11) is 0. The number of hydrogen-bond donors (Lipinski definition) is 2. The molecule has 1 unspecified atom stereocenters. The molecule has 1 aromatic heterocycles.